The average molecular weight is 360 g/mol. The van der Waals surface area contributed by atoms with Crippen LogP contribution in [0.25, 0.3) is 0 Å². The number of carbonyl (C=O) groups is 1. The van der Waals surface area contributed by atoms with E-state index in [1.165, 1.54) is 19.1 Å². The fourth-order valence-corrected chi connectivity index (χ4v) is 3.88. The van der Waals surface area contributed by atoms with Crippen molar-refractivity contribution in [1.29, 1.82) is 0 Å². The van der Waals surface area contributed by atoms with Crippen LogP contribution in [-0.4, -0.2) is 20.4 Å². The van der Waals surface area contributed by atoms with Gasteiger partial charge >= 0.3 is 0 Å². The highest BCUT2D eigenvalue weighted by Gasteiger charge is 2.22. The molecule has 5 nitrogen and oxygen atoms in total. The Labute approximate surface area is 149 Å². The van der Waals surface area contributed by atoms with E-state index in [4.69, 9.17) is 0 Å². The molecule has 134 valence electrons. The summed E-state index contributed by atoms with van der Waals surface area (Å²) in [6, 6.07) is 9.54. The Kier molecular flexibility index (Phi) is 5.65. The number of hydrogen-bond acceptors (Lipinski definition) is 3. The third-order valence-electron chi connectivity index (χ3n) is 3.98. The highest BCUT2D eigenvalue weighted by atomic mass is 32.2. The maximum Gasteiger partial charge on any atom is 0.242 e. The molecule has 1 amide bonds. The zero-order chi connectivity index (χ0) is 18.8. The topological polar surface area (TPSA) is 75.3 Å². The number of aryl methyl sites for hydroxylation is 4. The fraction of sp³-hybridized carbons (Fsp3) is 0.316. The number of nitrogens with one attached hydrogen (secondary N) is 2. The van der Waals surface area contributed by atoms with Crippen LogP contribution in [0.2, 0.25) is 0 Å². The Morgan fingerprint density at radius 1 is 0.920 bits per heavy atom. The summed E-state index contributed by atoms with van der Waals surface area (Å²) in [4.78, 5) is 12.6. The molecule has 6 heteroatoms. The minimum Gasteiger partial charge on any atom is -0.324 e. The highest BCUT2D eigenvalue weighted by molar-refractivity contribution is 7.89. The van der Waals surface area contributed by atoms with Crippen LogP contribution in [-0.2, 0) is 14.8 Å². The van der Waals surface area contributed by atoms with Crippen molar-refractivity contribution in [2.75, 3.05) is 5.32 Å². The van der Waals surface area contributed by atoms with E-state index in [9.17, 15) is 13.2 Å². The van der Waals surface area contributed by atoms with Gasteiger partial charge in [-0.1, -0.05) is 35.4 Å². The van der Waals surface area contributed by atoms with E-state index in [1.807, 2.05) is 39.8 Å². The van der Waals surface area contributed by atoms with Gasteiger partial charge in [0.25, 0.3) is 0 Å². The lowest BCUT2D eigenvalue weighted by atomic mass is 10.0. The predicted octanol–water partition coefficient (Wildman–Crippen LogP) is 3.23. The predicted molar refractivity (Wildman–Crippen MR) is 100 cm³/mol. The van der Waals surface area contributed by atoms with E-state index < -0.39 is 22.0 Å². The van der Waals surface area contributed by atoms with Crippen molar-refractivity contribution in [3.8, 4) is 0 Å². The molecule has 0 unspecified atom stereocenters. The smallest absolute Gasteiger partial charge is 0.242 e. The summed E-state index contributed by atoms with van der Waals surface area (Å²) < 4.78 is 27.2. The quantitative estimate of drug-likeness (QED) is 0.860. The van der Waals surface area contributed by atoms with E-state index in [1.54, 1.807) is 12.1 Å². The molecule has 0 aliphatic rings. The zero-order valence-corrected chi connectivity index (χ0v) is 16.0. The van der Waals surface area contributed by atoms with E-state index in [0.717, 1.165) is 27.9 Å². The average Bonchev–Trinajstić information content (AvgIpc) is 2.50. The van der Waals surface area contributed by atoms with Crippen molar-refractivity contribution >= 4 is 21.6 Å². The Balaban J connectivity index is 2.14. The molecule has 25 heavy (non-hydrogen) atoms. The molecule has 0 saturated heterocycles. The van der Waals surface area contributed by atoms with Gasteiger partial charge in [0.15, 0.2) is 0 Å². The summed E-state index contributed by atoms with van der Waals surface area (Å²) in [6.45, 7) is 9.23. The summed E-state index contributed by atoms with van der Waals surface area (Å²) in [5.41, 5.74) is 4.69. The molecule has 0 spiro atoms. The number of rotatable bonds is 5. The number of carbonyl (C=O) groups excluding carboxylic acids is 1. The number of amides is 1. The molecule has 0 saturated carbocycles. The van der Waals surface area contributed by atoms with Crippen LogP contribution < -0.4 is 10.0 Å². The molecule has 2 aromatic carbocycles. The molecule has 2 rings (SSSR count). The molecule has 0 aliphatic heterocycles. The molecular weight excluding hydrogens is 336 g/mol. The van der Waals surface area contributed by atoms with Crippen LogP contribution in [0.3, 0.4) is 0 Å². The second-order valence-corrected chi connectivity index (χ2v) is 8.13. The summed E-state index contributed by atoms with van der Waals surface area (Å²) >= 11 is 0. The molecular formula is C19H24N2O3S. The van der Waals surface area contributed by atoms with Gasteiger partial charge in [0.2, 0.25) is 15.9 Å². The van der Waals surface area contributed by atoms with Gasteiger partial charge in [-0.3, -0.25) is 4.79 Å². The summed E-state index contributed by atoms with van der Waals surface area (Å²) in [5, 5.41) is 2.82. The standard InChI is InChI=1S/C19H24N2O3S/c1-12-6-8-17(9-7-12)25(23,24)21-16(5)19(22)20-18-14(3)10-13(2)11-15(18)4/h6-11,16,21H,1-5H3,(H,20,22)/t16-/m0/s1. The Morgan fingerprint density at radius 3 is 1.96 bits per heavy atom. The molecule has 0 aromatic heterocycles. The lowest BCUT2D eigenvalue weighted by molar-refractivity contribution is -0.117. The minimum absolute atomic E-state index is 0.139. The Morgan fingerprint density at radius 2 is 1.44 bits per heavy atom. The van der Waals surface area contributed by atoms with Crippen LogP contribution in [0, 0.1) is 27.7 Å². The van der Waals surface area contributed by atoms with Crippen molar-refractivity contribution in [2.45, 2.75) is 45.6 Å². The van der Waals surface area contributed by atoms with Crippen LogP contribution in [0.15, 0.2) is 41.3 Å². The molecule has 2 N–H and O–H groups in total. The van der Waals surface area contributed by atoms with Crippen LogP contribution in [0.1, 0.15) is 29.2 Å². The molecule has 0 heterocycles. The largest absolute Gasteiger partial charge is 0.324 e. The lowest BCUT2D eigenvalue weighted by Crippen LogP contribution is -2.41. The van der Waals surface area contributed by atoms with Crippen LogP contribution in [0.4, 0.5) is 5.69 Å². The first-order valence-electron chi connectivity index (χ1n) is 8.08. The van der Waals surface area contributed by atoms with Crippen molar-refractivity contribution in [3.63, 3.8) is 0 Å². The first-order chi connectivity index (χ1) is 11.6. The third-order valence-corrected chi connectivity index (χ3v) is 5.54. The highest BCUT2D eigenvalue weighted by Crippen LogP contribution is 2.22. The molecule has 0 fully saturated rings. The first-order valence-corrected chi connectivity index (χ1v) is 9.56. The van der Waals surface area contributed by atoms with Crippen LogP contribution >= 0.6 is 0 Å². The van der Waals surface area contributed by atoms with Crippen molar-refractivity contribution in [1.82, 2.24) is 4.72 Å². The van der Waals surface area contributed by atoms with E-state index >= 15 is 0 Å². The van der Waals surface area contributed by atoms with Gasteiger partial charge in [0.05, 0.1) is 10.9 Å². The Bertz CT molecular complexity index is 864. The van der Waals surface area contributed by atoms with E-state index in [-0.39, 0.29) is 4.90 Å². The van der Waals surface area contributed by atoms with Gasteiger partial charge in [-0.2, -0.15) is 4.72 Å². The zero-order valence-electron chi connectivity index (χ0n) is 15.2. The van der Waals surface area contributed by atoms with Crippen molar-refractivity contribution < 1.29 is 13.2 Å². The summed E-state index contributed by atoms with van der Waals surface area (Å²) in [6.07, 6.45) is 0. The summed E-state index contributed by atoms with van der Waals surface area (Å²) in [7, 11) is -3.75. The SMILES string of the molecule is Cc1ccc(S(=O)(=O)N[C@@H](C)C(=O)Nc2c(C)cc(C)cc2C)cc1. The van der Waals surface area contributed by atoms with Gasteiger partial charge in [0, 0.05) is 5.69 Å². The fourth-order valence-electron chi connectivity index (χ4n) is 2.68. The van der Waals surface area contributed by atoms with Gasteiger partial charge in [-0.25, -0.2) is 8.42 Å². The van der Waals surface area contributed by atoms with E-state index in [0.29, 0.717) is 0 Å². The third kappa shape index (κ3) is 4.67. The molecule has 0 bridgehead atoms. The second kappa shape index (κ2) is 7.37. The van der Waals surface area contributed by atoms with Gasteiger partial charge < -0.3 is 5.32 Å². The summed E-state index contributed by atoms with van der Waals surface area (Å²) in [5.74, 6) is -0.397. The second-order valence-electron chi connectivity index (χ2n) is 6.42. The van der Waals surface area contributed by atoms with Gasteiger partial charge in [-0.15, -0.1) is 0 Å². The maximum atomic E-state index is 12.4. The normalized spacial score (nSPS) is 12.7. The first kappa shape index (κ1) is 19.1. The van der Waals surface area contributed by atoms with Gasteiger partial charge in [-0.05, 0) is 57.9 Å². The molecule has 0 aliphatic carbocycles. The number of benzene rings is 2. The van der Waals surface area contributed by atoms with Gasteiger partial charge in [0.1, 0.15) is 0 Å². The number of sulfonamides is 1. The Hall–Kier alpha value is -2.18. The molecule has 1 atom stereocenters. The minimum atomic E-state index is -3.75. The van der Waals surface area contributed by atoms with Crippen molar-refractivity contribution in [2.24, 2.45) is 0 Å². The van der Waals surface area contributed by atoms with E-state index in [2.05, 4.69) is 10.0 Å². The lowest BCUT2D eigenvalue weighted by Gasteiger charge is -2.17. The van der Waals surface area contributed by atoms with Crippen LogP contribution in [0.5, 0.6) is 0 Å². The van der Waals surface area contributed by atoms with Crippen molar-refractivity contribution in [3.05, 3.63) is 58.7 Å². The maximum absolute atomic E-state index is 12.4. The monoisotopic (exact) mass is 360 g/mol. The molecule has 2 aromatic rings. The number of hydrogen-bond donors (Lipinski definition) is 2. The molecule has 0 radical (unpaired) electrons. The number of anilines is 1.